The van der Waals surface area contributed by atoms with Gasteiger partial charge in [0.2, 0.25) is 11.8 Å². The van der Waals surface area contributed by atoms with Gasteiger partial charge in [0, 0.05) is 31.3 Å². The van der Waals surface area contributed by atoms with E-state index in [0.29, 0.717) is 22.0 Å². The zero-order chi connectivity index (χ0) is 28.0. The molecule has 2 amide bonds. The third-order valence-electron chi connectivity index (χ3n) is 5.63. The number of esters is 1. The quantitative estimate of drug-likeness (QED) is 0.435. The van der Waals surface area contributed by atoms with E-state index < -0.39 is 47.4 Å². The summed E-state index contributed by atoms with van der Waals surface area (Å²) >= 11 is 0. The molecule has 0 aliphatic heterocycles. The number of halogens is 1. The van der Waals surface area contributed by atoms with Gasteiger partial charge in [-0.1, -0.05) is 30.3 Å². The second kappa shape index (κ2) is 11.9. The predicted octanol–water partition coefficient (Wildman–Crippen LogP) is 3.51. The van der Waals surface area contributed by atoms with Crippen LogP contribution in [0.2, 0.25) is 0 Å². The molecule has 3 rings (SSSR count). The van der Waals surface area contributed by atoms with Crippen molar-refractivity contribution >= 4 is 34.8 Å². The molecule has 3 aromatic rings. The number of hydrogen-bond donors (Lipinski definition) is 2. The molecule has 0 fully saturated rings. The second-order valence-electron chi connectivity index (χ2n) is 9.90. The van der Waals surface area contributed by atoms with Gasteiger partial charge in [-0.3, -0.25) is 14.2 Å². The molecule has 0 radical (unpaired) electrons. The molecule has 0 unspecified atom stereocenters. The van der Waals surface area contributed by atoms with Gasteiger partial charge >= 0.3 is 12.1 Å². The van der Waals surface area contributed by atoms with Crippen LogP contribution in [0.15, 0.2) is 54.7 Å². The molecular weight excluding hydrogens is 493 g/mol. The SMILES string of the molecule is COC(=O)[C@@H](Cc1cn(C(=O)OC(C)(C)C)c2ccccc12)NC(=O)[C@@H](Cc1cccc(F)c1)NC(C)=O. The number of methoxy groups -OCH3 is 1. The molecule has 38 heavy (non-hydrogen) atoms. The van der Waals surface area contributed by atoms with E-state index in [1.807, 2.05) is 0 Å². The van der Waals surface area contributed by atoms with Gasteiger partial charge in [-0.15, -0.1) is 0 Å². The molecule has 0 spiro atoms. The molecule has 2 N–H and O–H groups in total. The first kappa shape index (κ1) is 28.4. The number of rotatable bonds is 8. The number of carbonyl (C=O) groups excluding carboxylic acids is 4. The van der Waals surface area contributed by atoms with Crippen LogP contribution in [-0.4, -0.2) is 53.2 Å². The van der Waals surface area contributed by atoms with E-state index in [4.69, 9.17) is 9.47 Å². The summed E-state index contributed by atoms with van der Waals surface area (Å²) < 4.78 is 25.5. The molecule has 0 bridgehead atoms. The van der Waals surface area contributed by atoms with Gasteiger partial charge in [0.15, 0.2) is 0 Å². The van der Waals surface area contributed by atoms with E-state index in [1.54, 1.807) is 57.3 Å². The van der Waals surface area contributed by atoms with Gasteiger partial charge in [-0.05, 0) is 50.1 Å². The Hall–Kier alpha value is -4.21. The van der Waals surface area contributed by atoms with E-state index >= 15 is 0 Å². The fourth-order valence-electron chi connectivity index (χ4n) is 4.06. The summed E-state index contributed by atoms with van der Waals surface area (Å²) in [6, 6.07) is 10.6. The van der Waals surface area contributed by atoms with Crippen LogP contribution in [0.3, 0.4) is 0 Å². The molecule has 9 nitrogen and oxygen atoms in total. The number of amides is 2. The Bertz CT molecular complexity index is 1340. The molecule has 0 aliphatic rings. The Labute approximate surface area is 220 Å². The summed E-state index contributed by atoms with van der Waals surface area (Å²) in [5, 5.41) is 5.90. The summed E-state index contributed by atoms with van der Waals surface area (Å²) in [7, 11) is 1.20. The Morgan fingerprint density at radius 1 is 0.974 bits per heavy atom. The Balaban J connectivity index is 1.89. The van der Waals surface area contributed by atoms with Crippen LogP contribution in [0.1, 0.15) is 38.8 Å². The summed E-state index contributed by atoms with van der Waals surface area (Å²) in [4.78, 5) is 50.5. The van der Waals surface area contributed by atoms with Crippen molar-refractivity contribution in [2.45, 2.75) is 58.2 Å². The van der Waals surface area contributed by atoms with Crippen LogP contribution in [0, 0.1) is 5.82 Å². The van der Waals surface area contributed by atoms with Crippen molar-refractivity contribution in [2.24, 2.45) is 0 Å². The largest absolute Gasteiger partial charge is 0.467 e. The van der Waals surface area contributed by atoms with Gasteiger partial charge in [0.05, 0.1) is 12.6 Å². The minimum absolute atomic E-state index is 0.00147. The van der Waals surface area contributed by atoms with Crippen molar-refractivity contribution in [1.82, 2.24) is 15.2 Å². The monoisotopic (exact) mass is 525 g/mol. The third-order valence-corrected chi connectivity index (χ3v) is 5.63. The number of para-hydroxylation sites is 1. The highest BCUT2D eigenvalue weighted by atomic mass is 19.1. The lowest BCUT2D eigenvalue weighted by molar-refractivity contribution is -0.145. The highest BCUT2D eigenvalue weighted by molar-refractivity contribution is 5.94. The molecule has 0 saturated carbocycles. The first-order valence-electron chi connectivity index (χ1n) is 12.1. The van der Waals surface area contributed by atoms with Crippen molar-refractivity contribution in [3.63, 3.8) is 0 Å². The van der Waals surface area contributed by atoms with Gasteiger partial charge in [0.1, 0.15) is 23.5 Å². The normalized spacial score (nSPS) is 12.9. The molecule has 0 aliphatic carbocycles. The van der Waals surface area contributed by atoms with E-state index in [-0.39, 0.29) is 12.8 Å². The summed E-state index contributed by atoms with van der Waals surface area (Å²) in [6.45, 7) is 6.54. The molecule has 1 heterocycles. The van der Waals surface area contributed by atoms with E-state index in [1.165, 1.54) is 36.8 Å². The third kappa shape index (κ3) is 7.41. The number of benzene rings is 2. The first-order valence-corrected chi connectivity index (χ1v) is 12.1. The molecule has 10 heteroatoms. The maximum Gasteiger partial charge on any atom is 0.419 e. The van der Waals surface area contributed by atoms with Crippen LogP contribution in [0.5, 0.6) is 0 Å². The zero-order valence-electron chi connectivity index (χ0n) is 22.0. The van der Waals surface area contributed by atoms with Crippen molar-refractivity contribution in [3.8, 4) is 0 Å². The Morgan fingerprint density at radius 3 is 2.32 bits per heavy atom. The minimum Gasteiger partial charge on any atom is -0.467 e. The molecule has 1 aromatic heterocycles. The van der Waals surface area contributed by atoms with Crippen LogP contribution < -0.4 is 10.6 Å². The molecule has 202 valence electrons. The van der Waals surface area contributed by atoms with E-state index in [9.17, 15) is 23.6 Å². The van der Waals surface area contributed by atoms with Crippen molar-refractivity contribution in [3.05, 3.63) is 71.7 Å². The van der Waals surface area contributed by atoms with Crippen LogP contribution in [0.25, 0.3) is 10.9 Å². The van der Waals surface area contributed by atoms with Crippen molar-refractivity contribution in [2.75, 3.05) is 7.11 Å². The lowest BCUT2D eigenvalue weighted by Crippen LogP contribution is -2.53. The van der Waals surface area contributed by atoms with Gasteiger partial charge in [-0.2, -0.15) is 0 Å². The maximum absolute atomic E-state index is 13.7. The zero-order valence-corrected chi connectivity index (χ0v) is 22.0. The predicted molar refractivity (Wildman–Crippen MR) is 139 cm³/mol. The summed E-state index contributed by atoms with van der Waals surface area (Å²) in [5.74, 6) is -2.29. The van der Waals surface area contributed by atoms with Gasteiger partial charge < -0.3 is 20.1 Å². The second-order valence-corrected chi connectivity index (χ2v) is 9.90. The maximum atomic E-state index is 13.7. The fraction of sp³-hybridized carbons (Fsp3) is 0.357. The van der Waals surface area contributed by atoms with Crippen LogP contribution >= 0.6 is 0 Å². The topological polar surface area (TPSA) is 116 Å². The van der Waals surface area contributed by atoms with E-state index in [2.05, 4.69) is 10.6 Å². The summed E-state index contributed by atoms with van der Waals surface area (Å²) in [6.07, 6.45) is 0.995. The Kier molecular flexibility index (Phi) is 8.88. The lowest BCUT2D eigenvalue weighted by atomic mass is 10.0. The average molecular weight is 526 g/mol. The van der Waals surface area contributed by atoms with Gasteiger partial charge in [-0.25, -0.2) is 14.0 Å². The standard InChI is InChI=1S/C28H32FN3O6/c1-17(33)30-22(14-18-9-8-10-20(29)13-18)25(34)31-23(26(35)37-5)15-19-16-32(27(36)38-28(2,3)4)24-12-7-6-11-21(19)24/h6-13,16,22-23H,14-15H2,1-5H3,(H,30,33)(H,31,34)/t22-,23-/m1/s1. The van der Waals surface area contributed by atoms with Crippen molar-refractivity contribution < 1.29 is 33.0 Å². The smallest absolute Gasteiger partial charge is 0.419 e. The molecule has 2 atom stereocenters. The number of carbonyl (C=O) groups is 4. The lowest BCUT2D eigenvalue weighted by Gasteiger charge is -2.22. The Morgan fingerprint density at radius 2 is 1.68 bits per heavy atom. The number of nitrogens with zero attached hydrogens (tertiary/aromatic N) is 1. The molecule has 0 saturated heterocycles. The number of ether oxygens (including phenoxy) is 2. The van der Waals surface area contributed by atoms with Crippen LogP contribution in [-0.2, 0) is 36.7 Å². The molecule has 2 aromatic carbocycles. The first-order chi connectivity index (χ1) is 17.9. The minimum atomic E-state index is -1.13. The number of hydrogen-bond acceptors (Lipinski definition) is 6. The fourth-order valence-corrected chi connectivity index (χ4v) is 4.06. The summed E-state index contributed by atoms with van der Waals surface area (Å²) in [5.41, 5.74) is 0.956. The highest BCUT2D eigenvalue weighted by Crippen LogP contribution is 2.24. The number of fused-ring (bicyclic) bond motifs is 1. The van der Waals surface area contributed by atoms with E-state index in [0.717, 1.165) is 0 Å². The van der Waals surface area contributed by atoms with Crippen molar-refractivity contribution in [1.29, 1.82) is 0 Å². The number of nitrogens with one attached hydrogen (secondary N) is 2. The van der Waals surface area contributed by atoms with Crippen LogP contribution in [0.4, 0.5) is 9.18 Å². The average Bonchev–Trinajstić information content (AvgIpc) is 3.20. The molecular formula is C28H32FN3O6. The number of aromatic nitrogens is 1. The highest BCUT2D eigenvalue weighted by Gasteiger charge is 2.29. The van der Waals surface area contributed by atoms with Gasteiger partial charge in [0.25, 0.3) is 0 Å².